The number of hydrogen-bond donors (Lipinski definition) is 3. The normalized spacial score (nSPS) is 17.2. The predicted molar refractivity (Wildman–Crippen MR) is 81.9 cm³/mol. The molecule has 1 aromatic rings. The number of aromatic amines is 1. The van der Waals surface area contributed by atoms with Gasteiger partial charge in [0.2, 0.25) is 0 Å². The highest BCUT2D eigenvalue weighted by atomic mass is 35.5. The highest BCUT2D eigenvalue weighted by Gasteiger charge is 2.32. The van der Waals surface area contributed by atoms with E-state index in [0.29, 0.717) is 12.6 Å². The summed E-state index contributed by atoms with van der Waals surface area (Å²) in [6.07, 6.45) is -2.87. The van der Waals surface area contributed by atoms with Gasteiger partial charge in [0.25, 0.3) is 11.5 Å². The Morgan fingerprint density at radius 1 is 1.30 bits per heavy atom. The van der Waals surface area contributed by atoms with Crippen LogP contribution < -0.4 is 16.2 Å². The maximum Gasteiger partial charge on any atom is 0.431 e. The molecule has 0 unspecified atom stereocenters. The van der Waals surface area contributed by atoms with E-state index in [1.807, 2.05) is 6.92 Å². The molecule has 130 valence electrons. The maximum absolute atomic E-state index is 12.5. The molecule has 0 aromatic carbocycles. The van der Waals surface area contributed by atoms with Gasteiger partial charge in [0.05, 0.1) is 0 Å². The maximum atomic E-state index is 12.5. The number of alkyl halides is 3. The van der Waals surface area contributed by atoms with Crippen molar-refractivity contribution in [3.63, 3.8) is 0 Å². The molecule has 2 heterocycles. The minimum absolute atomic E-state index is 0. The molecule has 0 radical (unpaired) electrons. The molecule has 2 rings (SSSR count). The number of nitrogens with one attached hydrogen (secondary N) is 3. The van der Waals surface area contributed by atoms with Crippen LogP contribution in [-0.2, 0) is 6.18 Å². The third kappa shape index (κ3) is 4.97. The second-order valence-electron chi connectivity index (χ2n) is 5.86. The molecule has 9 heteroatoms. The third-order valence-electron chi connectivity index (χ3n) is 3.95. The van der Waals surface area contributed by atoms with Crippen molar-refractivity contribution >= 4 is 18.3 Å². The summed E-state index contributed by atoms with van der Waals surface area (Å²) in [4.78, 5) is 25.3. The van der Waals surface area contributed by atoms with E-state index in [0.717, 1.165) is 32.0 Å². The van der Waals surface area contributed by atoms with Crippen LogP contribution in [0.2, 0.25) is 0 Å². The average molecular weight is 354 g/mol. The molecular weight excluding hydrogens is 335 g/mol. The lowest BCUT2D eigenvalue weighted by atomic mass is 9.81. The smallest absolute Gasteiger partial charge is 0.351 e. The van der Waals surface area contributed by atoms with Gasteiger partial charge in [-0.05, 0) is 43.5 Å². The number of H-pyrrole nitrogens is 1. The van der Waals surface area contributed by atoms with Gasteiger partial charge in [-0.15, -0.1) is 12.4 Å². The van der Waals surface area contributed by atoms with Crippen molar-refractivity contribution in [1.29, 1.82) is 0 Å². The first-order valence-electron chi connectivity index (χ1n) is 7.01. The Balaban J connectivity index is 0.00000264. The molecule has 1 saturated heterocycles. The van der Waals surface area contributed by atoms with Crippen LogP contribution in [0.5, 0.6) is 0 Å². The number of piperidine rings is 1. The van der Waals surface area contributed by atoms with Crippen molar-refractivity contribution in [2.45, 2.75) is 25.9 Å². The number of halogens is 4. The van der Waals surface area contributed by atoms with Crippen LogP contribution >= 0.6 is 12.4 Å². The van der Waals surface area contributed by atoms with Crippen LogP contribution in [0.1, 0.15) is 35.8 Å². The largest absolute Gasteiger partial charge is 0.431 e. The lowest BCUT2D eigenvalue weighted by Crippen LogP contribution is -2.43. The van der Waals surface area contributed by atoms with E-state index in [2.05, 4.69) is 10.6 Å². The highest BCUT2D eigenvalue weighted by Crippen LogP contribution is 2.27. The SMILES string of the molecule is CC1(CNC(=O)c2ccc(C(F)(F)F)[nH]c2=O)CCNCC1.Cl. The molecular formula is C14H19ClF3N3O2. The molecule has 5 nitrogen and oxygen atoms in total. The van der Waals surface area contributed by atoms with Gasteiger partial charge in [-0.2, -0.15) is 13.2 Å². The molecule has 0 atom stereocenters. The lowest BCUT2D eigenvalue weighted by Gasteiger charge is -2.34. The van der Waals surface area contributed by atoms with E-state index in [-0.39, 0.29) is 23.4 Å². The van der Waals surface area contributed by atoms with E-state index in [1.54, 1.807) is 4.98 Å². The van der Waals surface area contributed by atoms with Crippen LogP contribution in [-0.4, -0.2) is 30.5 Å². The fourth-order valence-electron chi connectivity index (χ4n) is 2.41. The molecule has 0 bridgehead atoms. The van der Waals surface area contributed by atoms with Crippen molar-refractivity contribution in [2.75, 3.05) is 19.6 Å². The first kappa shape index (κ1) is 19.5. The number of rotatable bonds is 3. The van der Waals surface area contributed by atoms with Crippen LogP contribution in [0.4, 0.5) is 13.2 Å². The van der Waals surface area contributed by atoms with Gasteiger partial charge >= 0.3 is 6.18 Å². The minimum Gasteiger partial charge on any atom is -0.351 e. The topological polar surface area (TPSA) is 74.0 Å². The Morgan fingerprint density at radius 3 is 2.43 bits per heavy atom. The Hall–Kier alpha value is -1.54. The summed E-state index contributed by atoms with van der Waals surface area (Å²) in [5.41, 5.74) is -2.59. The van der Waals surface area contributed by atoms with E-state index in [4.69, 9.17) is 0 Å². The molecule has 1 aromatic heterocycles. The van der Waals surface area contributed by atoms with Gasteiger partial charge in [0, 0.05) is 6.54 Å². The molecule has 1 aliphatic rings. The standard InChI is InChI=1S/C14H18F3N3O2.ClH/c1-13(4-6-18-7-5-13)8-19-11(21)9-2-3-10(14(15,16)17)20-12(9)22;/h2-3,18H,4-8H2,1H3,(H,19,21)(H,20,22);1H. The quantitative estimate of drug-likeness (QED) is 0.777. The molecule has 1 amide bonds. The Morgan fingerprint density at radius 2 is 1.91 bits per heavy atom. The zero-order valence-corrected chi connectivity index (χ0v) is 13.4. The van der Waals surface area contributed by atoms with Crippen molar-refractivity contribution in [1.82, 2.24) is 15.6 Å². The van der Waals surface area contributed by atoms with Crippen molar-refractivity contribution in [3.05, 3.63) is 33.7 Å². The second kappa shape index (κ2) is 7.35. The number of pyridine rings is 1. The highest BCUT2D eigenvalue weighted by molar-refractivity contribution is 5.93. The molecule has 0 spiro atoms. The Kier molecular flexibility index (Phi) is 6.24. The van der Waals surface area contributed by atoms with Gasteiger partial charge < -0.3 is 15.6 Å². The van der Waals surface area contributed by atoms with Gasteiger partial charge in [0.1, 0.15) is 11.3 Å². The van der Waals surface area contributed by atoms with E-state index in [1.165, 1.54) is 0 Å². The van der Waals surface area contributed by atoms with Crippen molar-refractivity contribution in [3.8, 4) is 0 Å². The van der Waals surface area contributed by atoms with Gasteiger partial charge in [-0.25, -0.2) is 0 Å². The Labute approximate surface area is 137 Å². The fraction of sp³-hybridized carbons (Fsp3) is 0.571. The number of aromatic nitrogens is 1. The lowest BCUT2D eigenvalue weighted by molar-refractivity contribution is -0.141. The summed E-state index contributed by atoms with van der Waals surface area (Å²) in [5, 5.41) is 5.85. The van der Waals surface area contributed by atoms with E-state index >= 15 is 0 Å². The summed E-state index contributed by atoms with van der Waals surface area (Å²) in [6.45, 7) is 4.12. The van der Waals surface area contributed by atoms with Crippen LogP contribution in [0.25, 0.3) is 0 Å². The van der Waals surface area contributed by atoms with Crippen molar-refractivity contribution in [2.24, 2.45) is 5.41 Å². The summed E-state index contributed by atoms with van der Waals surface area (Å²) in [7, 11) is 0. The van der Waals surface area contributed by atoms with E-state index < -0.39 is 23.3 Å². The number of carbonyl (C=O) groups excluding carboxylic acids is 1. The van der Waals surface area contributed by atoms with Crippen molar-refractivity contribution < 1.29 is 18.0 Å². The molecule has 1 fully saturated rings. The summed E-state index contributed by atoms with van der Waals surface area (Å²) in [6, 6.07) is 1.60. The molecule has 1 aliphatic heterocycles. The molecule has 3 N–H and O–H groups in total. The van der Waals surface area contributed by atoms with Gasteiger partial charge in [0.15, 0.2) is 0 Å². The number of amides is 1. The predicted octanol–water partition coefficient (Wildman–Crippen LogP) is 1.94. The number of carbonyl (C=O) groups is 1. The first-order valence-corrected chi connectivity index (χ1v) is 7.01. The number of hydrogen-bond acceptors (Lipinski definition) is 3. The van der Waals surface area contributed by atoms with Gasteiger partial charge in [-0.1, -0.05) is 6.92 Å². The van der Waals surface area contributed by atoms with Crippen LogP contribution in [0.15, 0.2) is 16.9 Å². The molecule has 0 aliphatic carbocycles. The third-order valence-corrected chi connectivity index (χ3v) is 3.95. The second-order valence-corrected chi connectivity index (χ2v) is 5.86. The monoisotopic (exact) mass is 353 g/mol. The molecule has 0 saturated carbocycles. The van der Waals surface area contributed by atoms with Gasteiger partial charge in [-0.3, -0.25) is 9.59 Å². The zero-order chi connectivity index (χ0) is 16.4. The summed E-state index contributed by atoms with van der Waals surface area (Å²) < 4.78 is 37.4. The van der Waals surface area contributed by atoms with Crippen LogP contribution in [0, 0.1) is 5.41 Å². The fourth-order valence-corrected chi connectivity index (χ4v) is 2.41. The summed E-state index contributed by atoms with van der Waals surface area (Å²) >= 11 is 0. The molecule has 23 heavy (non-hydrogen) atoms. The Bertz CT molecular complexity index is 610. The summed E-state index contributed by atoms with van der Waals surface area (Å²) in [5.74, 6) is -0.658. The van der Waals surface area contributed by atoms with Crippen LogP contribution in [0.3, 0.4) is 0 Å². The zero-order valence-electron chi connectivity index (χ0n) is 12.5. The minimum atomic E-state index is -4.64. The average Bonchev–Trinajstić information content (AvgIpc) is 2.44. The first-order chi connectivity index (χ1) is 10.2. The van der Waals surface area contributed by atoms with E-state index in [9.17, 15) is 22.8 Å².